The Bertz CT molecular complexity index is 2970. The van der Waals surface area contributed by atoms with Crippen LogP contribution >= 0.6 is 11.3 Å². The fraction of sp³-hybridized carbons (Fsp3) is 0.209. The Kier molecular flexibility index (Phi) is 9.49. The van der Waals surface area contributed by atoms with E-state index in [0.29, 0.717) is 28.2 Å². The van der Waals surface area contributed by atoms with Crippen LogP contribution in [0, 0.1) is 0 Å². The van der Waals surface area contributed by atoms with Gasteiger partial charge in [0, 0.05) is 39.0 Å². The van der Waals surface area contributed by atoms with Gasteiger partial charge in [0.2, 0.25) is 0 Å². The number of aromatic amines is 1. The van der Waals surface area contributed by atoms with E-state index in [1.165, 1.54) is 18.4 Å². The van der Waals surface area contributed by atoms with Crippen molar-refractivity contribution in [3.63, 3.8) is 0 Å². The molecule has 0 bridgehead atoms. The molecule has 304 valence electrons. The van der Waals surface area contributed by atoms with Crippen LogP contribution in [-0.2, 0) is 9.31 Å². The van der Waals surface area contributed by atoms with Gasteiger partial charge in [-0.05, 0) is 97.3 Å². The normalized spacial score (nSPS) is 18.5. The molecule has 2 fully saturated rings. The Labute approximate surface area is 354 Å². The van der Waals surface area contributed by atoms with Crippen LogP contribution in [0.4, 0.5) is 16.4 Å². The quantitative estimate of drug-likeness (QED) is 0.102. The van der Waals surface area contributed by atoms with Gasteiger partial charge < -0.3 is 39.9 Å². The smallest absolute Gasteiger partial charge is 0.497 e. The van der Waals surface area contributed by atoms with Gasteiger partial charge in [0.25, 0.3) is 0 Å². The zero-order valence-electron chi connectivity index (χ0n) is 33.6. The lowest BCUT2D eigenvalue weighted by Gasteiger charge is -2.32. The summed E-state index contributed by atoms with van der Waals surface area (Å²) >= 11 is 1.48. The number of aromatic nitrogens is 7. The number of methoxy groups -OCH3 is 2. The summed E-state index contributed by atoms with van der Waals surface area (Å²) < 4.78 is 25.0. The Balaban J connectivity index is 1.02. The van der Waals surface area contributed by atoms with Crippen LogP contribution in [0.15, 0.2) is 91.6 Å². The maximum atomic E-state index is 10.2. The van der Waals surface area contributed by atoms with E-state index < -0.39 is 25.4 Å². The lowest BCUT2D eigenvalue weighted by atomic mass is 9.76. The van der Waals surface area contributed by atoms with E-state index in [1.807, 2.05) is 42.5 Å². The molecule has 2 aliphatic rings. The molecule has 0 radical (unpaired) electrons. The minimum Gasteiger partial charge on any atom is -0.497 e. The third-order valence-electron chi connectivity index (χ3n) is 12.2. The minimum atomic E-state index is -1.74. The van der Waals surface area contributed by atoms with Crippen molar-refractivity contribution in [1.82, 2.24) is 35.6 Å². The number of nitrogen functional groups attached to an aromatic ring is 1. The van der Waals surface area contributed by atoms with Crippen molar-refractivity contribution in [2.75, 3.05) is 25.3 Å². The van der Waals surface area contributed by atoms with Crippen molar-refractivity contribution in [2.24, 2.45) is 0 Å². The first-order valence-electron chi connectivity index (χ1n) is 19.7. The Morgan fingerprint density at radius 3 is 2.13 bits per heavy atom. The number of thiazole rings is 1. The number of H-pyrrole nitrogens is 1. The molecule has 0 amide bonds. The van der Waals surface area contributed by atoms with Crippen molar-refractivity contribution in [3.05, 3.63) is 91.6 Å². The third kappa shape index (κ3) is 6.63. The predicted octanol–water partition coefficient (Wildman–Crippen LogP) is 5.89. The number of ether oxygens (including phenoxy) is 2. The number of nitrogens with zero attached hydrogens (tertiary/aromatic N) is 6. The summed E-state index contributed by atoms with van der Waals surface area (Å²) in [5, 5.41) is 51.3. The average Bonchev–Trinajstić information content (AvgIpc) is 4.07. The molecular formula is C43H39B2N9O6S. The van der Waals surface area contributed by atoms with Crippen LogP contribution < -0.4 is 31.4 Å². The van der Waals surface area contributed by atoms with Gasteiger partial charge in [0.1, 0.15) is 21.5 Å². The van der Waals surface area contributed by atoms with E-state index in [1.54, 1.807) is 50.2 Å². The number of fused-ring (bicyclic) bond motifs is 3. The zero-order chi connectivity index (χ0) is 42.0. The van der Waals surface area contributed by atoms with Gasteiger partial charge in [-0.15, -0.1) is 0 Å². The van der Waals surface area contributed by atoms with E-state index in [-0.39, 0.29) is 5.46 Å². The molecule has 1 aliphatic heterocycles. The molecule has 6 N–H and O–H groups in total. The van der Waals surface area contributed by atoms with Crippen molar-refractivity contribution in [2.45, 2.75) is 44.3 Å². The molecule has 15 nitrogen and oxygen atoms in total. The highest BCUT2D eigenvalue weighted by Gasteiger charge is 2.60. The highest BCUT2D eigenvalue weighted by atomic mass is 32.1. The molecule has 0 spiro atoms. The largest absolute Gasteiger partial charge is 0.498 e. The Hall–Kier alpha value is -6.43. The van der Waals surface area contributed by atoms with Gasteiger partial charge >= 0.3 is 14.2 Å². The van der Waals surface area contributed by atoms with E-state index in [9.17, 15) is 10.0 Å². The Morgan fingerprint density at radius 2 is 1.44 bits per heavy atom. The topological polar surface area (TPSA) is 209 Å². The molecule has 1 saturated heterocycles. The first-order valence-corrected chi connectivity index (χ1v) is 20.5. The molecule has 1 aliphatic carbocycles. The average molecular weight is 832 g/mol. The van der Waals surface area contributed by atoms with Gasteiger partial charge in [-0.1, -0.05) is 35.6 Å². The van der Waals surface area contributed by atoms with Crippen LogP contribution in [0.1, 0.15) is 33.1 Å². The molecule has 4 aromatic carbocycles. The monoisotopic (exact) mass is 831 g/mol. The summed E-state index contributed by atoms with van der Waals surface area (Å²) in [5.41, 5.74) is 14.7. The molecule has 10 rings (SSSR count). The minimum absolute atomic E-state index is 0.230. The molecule has 5 heterocycles. The number of rotatable bonds is 10. The van der Waals surface area contributed by atoms with Gasteiger partial charge in [0.15, 0.2) is 0 Å². The van der Waals surface area contributed by atoms with E-state index in [4.69, 9.17) is 29.5 Å². The van der Waals surface area contributed by atoms with Crippen molar-refractivity contribution < 1.29 is 28.8 Å². The van der Waals surface area contributed by atoms with Crippen molar-refractivity contribution >= 4 is 74.7 Å². The summed E-state index contributed by atoms with van der Waals surface area (Å²) in [6, 6.07) is 19.3. The number of hydrogen-bond acceptors (Lipinski definition) is 15. The fourth-order valence-corrected chi connectivity index (χ4v) is 9.53. The van der Waals surface area contributed by atoms with E-state index in [0.717, 1.165) is 90.1 Å². The van der Waals surface area contributed by atoms with Crippen LogP contribution in [0.3, 0.4) is 0 Å². The van der Waals surface area contributed by atoms with E-state index in [2.05, 4.69) is 55.8 Å². The number of benzene rings is 4. The molecule has 2 atom stereocenters. The standard InChI is InChI=1S/C43H39B2N9O6S/c1-42-10-5-11-43(42,2)60-45(59-42)33-15-29(24-6-8-26-34(46)20-50-53-35(26)12-24)31(17-39(33)58-4)41-47-22-40(61-41)52-37-21-51-54-36-13-23(7-9-27(36)37)28-14-32(44(55)56)38(57-3)16-30(28)25-18-48-49-19-25/h6-9,12-22,55-56H,5,10-11H2,1-4H3,(H2,46,53)(H,48,49)(H,52,54)/t42-,43+. The van der Waals surface area contributed by atoms with Gasteiger partial charge in [-0.25, -0.2) is 4.98 Å². The maximum Gasteiger partial charge on any atom is 0.498 e. The molecule has 1 saturated carbocycles. The zero-order valence-corrected chi connectivity index (χ0v) is 34.4. The lowest BCUT2D eigenvalue weighted by Crippen LogP contribution is -2.41. The number of hydrogen-bond donors (Lipinski definition) is 5. The van der Waals surface area contributed by atoms with Crippen molar-refractivity contribution in [3.8, 4) is 55.5 Å². The second-order valence-corrected chi connectivity index (χ2v) is 16.7. The molecule has 18 heteroatoms. The van der Waals surface area contributed by atoms with Crippen molar-refractivity contribution in [1.29, 1.82) is 0 Å². The molecule has 61 heavy (non-hydrogen) atoms. The van der Waals surface area contributed by atoms with Gasteiger partial charge in [0.05, 0.1) is 72.6 Å². The highest BCUT2D eigenvalue weighted by Crippen LogP contribution is 2.50. The lowest BCUT2D eigenvalue weighted by molar-refractivity contribution is 0.00578. The first-order chi connectivity index (χ1) is 29.5. The number of nitrogens with one attached hydrogen (secondary N) is 2. The first kappa shape index (κ1) is 38.8. The molecule has 0 unspecified atom stereocenters. The molecular weight excluding hydrogens is 792 g/mol. The molecule has 8 aromatic rings. The summed E-state index contributed by atoms with van der Waals surface area (Å²) in [5.74, 6) is 0.964. The number of anilines is 3. The second-order valence-electron chi connectivity index (χ2n) is 15.7. The Morgan fingerprint density at radius 1 is 0.787 bits per heavy atom. The summed E-state index contributed by atoms with van der Waals surface area (Å²) in [6.45, 7) is 4.27. The summed E-state index contributed by atoms with van der Waals surface area (Å²) in [7, 11) is 0.771. The highest BCUT2D eigenvalue weighted by molar-refractivity contribution is 7.19. The SMILES string of the molecule is COc1cc(-c2cn[nH]c2)c(-c2ccc3c(Nc4cnc(-c5cc(OC)c(B6O[C@]7(C)CCC[C@]7(C)O6)cc5-c5ccc6c(N)cnnc6c5)s4)cnnc3c2)cc1B(O)O. The maximum absolute atomic E-state index is 10.2. The second kappa shape index (κ2) is 14.9. The van der Waals surface area contributed by atoms with Gasteiger partial charge in [-0.2, -0.15) is 25.5 Å². The van der Waals surface area contributed by atoms with E-state index >= 15 is 0 Å². The van der Waals surface area contributed by atoms with Crippen LogP contribution in [0.25, 0.3) is 65.8 Å². The van der Waals surface area contributed by atoms with Crippen LogP contribution in [0.2, 0.25) is 0 Å². The predicted molar refractivity (Wildman–Crippen MR) is 237 cm³/mol. The fourth-order valence-electron chi connectivity index (χ4n) is 8.67. The van der Waals surface area contributed by atoms with Crippen LogP contribution in [0.5, 0.6) is 11.5 Å². The van der Waals surface area contributed by atoms with Gasteiger partial charge in [-0.3, -0.25) is 5.10 Å². The summed E-state index contributed by atoms with van der Waals surface area (Å²) in [6.07, 6.45) is 11.4. The molecule has 4 aromatic heterocycles. The van der Waals surface area contributed by atoms with Crippen LogP contribution in [-0.4, -0.2) is 85.3 Å². The third-order valence-corrected chi connectivity index (χ3v) is 13.1. The summed E-state index contributed by atoms with van der Waals surface area (Å²) in [4.78, 5) is 4.92. The number of nitrogens with two attached hydrogens (primary N) is 1.